The summed E-state index contributed by atoms with van der Waals surface area (Å²) in [4.78, 5) is 16.1. The van der Waals surface area contributed by atoms with E-state index in [1.54, 1.807) is 34.6 Å². The lowest BCUT2D eigenvalue weighted by Gasteiger charge is -2.47. The quantitative estimate of drug-likeness (QED) is 0.235. The number of carbonyl (C=O) groups excluding carboxylic acids is 1. The maximum absolute atomic E-state index is 14.1. The van der Waals surface area contributed by atoms with Crippen LogP contribution >= 0.6 is 0 Å². The van der Waals surface area contributed by atoms with E-state index in [0.717, 1.165) is 6.42 Å². The minimum absolute atomic E-state index is 0.0201. The summed E-state index contributed by atoms with van der Waals surface area (Å²) in [5.41, 5.74) is -4.20. The number of rotatable bonds is 6. The summed E-state index contributed by atoms with van der Waals surface area (Å²) in [5.74, 6) is -2.32. The predicted molar refractivity (Wildman–Crippen MR) is 179 cm³/mol. The van der Waals surface area contributed by atoms with Crippen LogP contribution in [-0.2, 0) is 38.0 Å². The molecule has 13 nitrogen and oxygen atoms in total. The highest BCUT2D eigenvalue weighted by Crippen LogP contribution is 2.43. The van der Waals surface area contributed by atoms with Gasteiger partial charge in [-0.3, -0.25) is 4.79 Å². The molecular formula is C36H65NO12. The van der Waals surface area contributed by atoms with Gasteiger partial charge in [0.25, 0.3) is 0 Å². The molecule has 0 aromatic rings. The van der Waals surface area contributed by atoms with E-state index in [-0.39, 0.29) is 37.1 Å². The number of epoxide rings is 1. The van der Waals surface area contributed by atoms with Gasteiger partial charge in [0, 0.05) is 38.5 Å². The molecular weight excluding hydrogens is 638 g/mol. The highest BCUT2D eigenvalue weighted by atomic mass is 16.7. The molecule has 4 rings (SSSR count). The molecule has 4 N–H and O–H groups in total. The maximum Gasteiger partial charge on any atom is 0.311 e. The molecule has 49 heavy (non-hydrogen) atoms. The number of methoxy groups -OCH3 is 1. The van der Waals surface area contributed by atoms with Crippen molar-refractivity contribution in [3.05, 3.63) is 0 Å². The van der Waals surface area contributed by atoms with Crippen molar-refractivity contribution in [3.8, 4) is 0 Å². The van der Waals surface area contributed by atoms with Gasteiger partial charge in [0.1, 0.15) is 30.0 Å². The predicted octanol–water partition coefficient (Wildman–Crippen LogP) is 2.38. The molecule has 4 heterocycles. The van der Waals surface area contributed by atoms with Crippen LogP contribution in [0.3, 0.4) is 0 Å². The fourth-order valence-electron chi connectivity index (χ4n) is 8.47. The monoisotopic (exact) mass is 703 g/mol. The van der Waals surface area contributed by atoms with Crippen LogP contribution in [-0.4, -0.2) is 142 Å². The van der Waals surface area contributed by atoms with E-state index < -0.39 is 89.9 Å². The van der Waals surface area contributed by atoms with Crippen LogP contribution in [0.2, 0.25) is 0 Å². The molecule has 18 atom stereocenters. The van der Waals surface area contributed by atoms with Crippen LogP contribution in [0.15, 0.2) is 0 Å². The van der Waals surface area contributed by atoms with E-state index in [2.05, 4.69) is 0 Å². The third kappa shape index (κ3) is 8.81. The van der Waals surface area contributed by atoms with E-state index in [0.29, 0.717) is 13.0 Å². The Morgan fingerprint density at radius 1 is 0.939 bits per heavy atom. The second-order valence-electron chi connectivity index (χ2n) is 16.3. The molecule has 0 bridgehead atoms. The molecule has 18 unspecified atom stereocenters. The van der Waals surface area contributed by atoms with Gasteiger partial charge >= 0.3 is 5.97 Å². The Kier molecular flexibility index (Phi) is 13.0. The number of fused-ring (bicyclic) bond motifs is 1. The van der Waals surface area contributed by atoms with E-state index >= 15 is 0 Å². The Labute approximate surface area is 292 Å². The molecule has 0 spiro atoms. The van der Waals surface area contributed by atoms with Crippen molar-refractivity contribution in [2.45, 2.75) is 185 Å². The Hall–Kier alpha value is -0.970. The molecule has 286 valence electrons. The first kappa shape index (κ1) is 40.8. The summed E-state index contributed by atoms with van der Waals surface area (Å²) in [6.07, 6.45) is -6.16. The molecule has 0 aliphatic carbocycles. The van der Waals surface area contributed by atoms with Crippen molar-refractivity contribution in [2.75, 3.05) is 20.7 Å². The highest BCUT2D eigenvalue weighted by Gasteiger charge is 2.56. The third-order valence-corrected chi connectivity index (χ3v) is 11.8. The molecule has 0 aromatic heterocycles. The van der Waals surface area contributed by atoms with Crippen molar-refractivity contribution in [1.82, 2.24) is 4.90 Å². The second-order valence-corrected chi connectivity index (χ2v) is 16.3. The molecule has 0 saturated carbocycles. The van der Waals surface area contributed by atoms with Crippen molar-refractivity contribution < 1.29 is 58.4 Å². The number of likely N-dealkylation sites (N-methyl/N-ethyl adjacent to an activating group) is 1. The lowest BCUT2D eigenvalue weighted by atomic mass is 9.77. The molecule has 4 fully saturated rings. The fourth-order valence-corrected chi connectivity index (χ4v) is 8.47. The normalized spacial score (nSPS) is 52.4. The van der Waals surface area contributed by atoms with Crippen LogP contribution in [0.25, 0.3) is 0 Å². The first-order valence-corrected chi connectivity index (χ1v) is 18.2. The number of carbonyl (C=O) groups is 1. The number of ether oxygens (including phenoxy) is 7. The van der Waals surface area contributed by atoms with Gasteiger partial charge in [-0.15, -0.1) is 0 Å². The topological polar surface area (TPSA) is 169 Å². The Bertz CT molecular complexity index is 1110. The van der Waals surface area contributed by atoms with Crippen molar-refractivity contribution >= 4 is 5.97 Å². The van der Waals surface area contributed by atoms with Crippen LogP contribution in [0.5, 0.6) is 0 Å². The van der Waals surface area contributed by atoms with Gasteiger partial charge in [0.05, 0.1) is 47.6 Å². The zero-order valence-corrected chi connectivity index (χ0v) is 31.7. The smallest absolute Gasteiger partial charge is 0.311 e. The van der Waals surface area contributed by atoms with Gasteiger partial charge in [-0.1, -0.05) is 20.8 Å². The number of cyclic esters (lactones) is 1. The van der Waals surface area contributed by atoms with Gasteiger partial charge in [0.15, 0.2) is 12.6 Å². The average molecular weight is 704 g/mol. The zero-order chi connectivity index (χ0) is 36.8. The molecule has 0 aromatic carbocycles. The fraction of sp³-hybridized carbons (Fsp3) is 0.972. The minimum Gasteiger partial charge on any atom is -0.459 e. The molecule has 13 heteroatoms. The van der Waals surface area contributed by atoms with E-state index in [1.807, 2.05) is 39.6 Å². The van der Waals surface area contributed by atoms with E-state index in [1.165, 1.54) is 14.0 Å². The number of hydrogen-bond acceptors (Lipinski definition) is 13. The number of hydrogen-bond donors (Lipinski definition) is 4. The number of aliphatic hydroxyl groups excluding tert-OH is 2. The standard InChI is InChI=1S/C36H65NO12/c1-13-25-36(10,42)29(38)22(6)37(11)17-18(2)15-34(8,41)31(49-33-28-24(46-28)14-19(3)44-33)20(4)27(21(5)32(40)47-25)48-26-16-35(9,43-12)30(39)23(7)45-26/h18-31,33,38-39,41-42H,13-17H2,1-12H3. The number of aliphatic hydroxyl groups is 4. The van der Waals surface area contributed by atoms with Gasteiger partial charge in [-0.25, -0.2) is 0 Å². The van der Waals surface area contributed by atoms with Crippen LogP contribution in [0.1, 0.15) is 94.9 Å². The molecule has 0 amide bonds. The molecule has 0 radical (unpaired) electrons. The minimum atomic E-state index is -1.77. The summed E-state index contributed by atoms with van der Waals surface area (Å²) in [6, 6.07) is -0.503. The number of nitrogens with zero attached hydrogens (tertiary/aromatic N) is 1. The summed E-state index contributed by atoms with van der Waals surface area (Å²) in [7, 11) is 3.38. The molecule has 4 saturated heterocycles. The second kappa shape index (κ2) is 15.6. The Balaban J connectivity index is 1.77. The van der Waals surface area contributed by atoms with Gasteiger partial charge < -0.3 is 58.5 Å². The Morgan fingerprint density at radius 2 is 1.59 bits per heavy atom. The van der Waals surface area contributed by atoms with Gasteiger partial charge in [0.2, 0.25) is 0 Å². The summed E-state index contributed by atoms with van der Waals surface area (Å²) >= 11 is 0. The molecule has 4 aliphatic rings. The van der Waals surface area contributed by atoms with Crippen LogP contribution < -0.4 is 0 Å². The number of esters is 1. The lowest BCUT2D eigenvalue weighted by Crippen LogP contribution is -2.59. The SMILES string of the molecule is CCC1OC(=O)C(C)C(OC2CC(C)(OC)C(O)C(C)O2)C(C)C(OC2OC(C)CC3OC32)C(C)(O)CC(C)CN(C)C(C)C(O)C1(C)O. The van der Waals surface area contributed by atoms with E-state index in [9.17, 15) is 25.2 Å². The van der Waals surface area contributed by atoms with Crippen molar-refractivity contribution in [2.24, 2.45) is 17.8 Å². The first-order chi connectivity index (χ1) is 22.7. The van der Waals surface area contributed by atoms with Gasteiger partial charge in [-0.2, -0.15) is 0 Å². The summed E-state index contributed by atoms with van der Waals surface area (Å²) in [5, 5.41) is 46.4. The van der Waals surface area contributed by atoms with Crippen LogP contribution in [0, 0.1) is 17.8 Å². The molecule has 4 aliphatic heterocycles. The maximum atomic E-state index is 14.1. The largest absolute Gasteiger partial charge is 0.459 e. The lowest BCUT2D eigenvalue weighted by molar-refractivity contribution is -0.307. The zero-order valence-electron chi connectivity index (χ0n) is 31.7. The highest BCUT2D eigenvalue weighted by molar-refractivity contribution is 5.73. The van der Waals surface area contributed by atoms with Crippen LogP contribution in [0.4, 0.5) is 0 Å². The third-order valence-electron chi connectivity index (χ3n) is 11.8. The van der Waals surface area contributed by atoms with Crippen molar-refractivity contribution in [1.29, 1.82) is 0 Å². The Morgan fingerprint density at radius 3 is 2.20 bits per heavy atom. The first-order valence-electron chi connectivity index (χ1n) is 18.2. The van der Waals surface area contributed by atoms with E-state index in [4.69, 9.17) is 33.2 Å². The summed E-state index contributed by atoms with van der Waals surface area (Å²) < 4.78 is 43.4. The summed E-state index contributed by atoms with van der Waals surface area (Å²) in [6.45, 7) is 18.4. The average Bonchev–Trinajstić information content (AvgIpc) is 3.80. The van der Waals surface area contributed by atoms with Gasteiger partial charge in [-0.05, 0) is 74.3 Å². The van der Waals surface area contributed by atoms with Crippen molar-refractivity contribution in [3.63, 3.8) is 0 Å².